The Morgan fingerprint density at radius 2 is 2.31 bits per heavy atom. The Morgan fingerprint density at radius 3 is 2.88 bits per heavy atom. The molecule has 1 fully saturated rings. The van der Waals surface area contributed by atoms with Gasteiger partial charge in [0.25, 0.3) is 0 Å². The van der Waals surface area contributed by atoms with E-state index in [1.165, 1.54) is 6.42 Å². The van der Waals surface area contributed by atoms with E-state index >= 15 is 0 Å². The van der Waals surface area contributed by atoms with Crippen LogP contribution in [0.15, 0.2) is 0 Å². The molecule has 0 aromatic carbocycles. The molecule has 0 aliphatic heterocycles. The van der Waals surface area contributed by atoms with E-state index in [0.717, 1.165) is 38.7 Å². The van der Waals surface area contributed by atoms with Crippen molar-refractivity contribution >= 4 is 5.97 Å². The number of hydrogen-bond acceptors (Lipinski definition) is 2. The van der Waals surface area contributed by atoms with Crippen molar-refractivity contribution in [2.24, 2.45) is 11.3 Å². The molecule has 0 aromatic heterocycles. The van der Waals surface area contributed by atoms with Gasteiger partial charge in [-0.3, -0.25) is 4.79 Å². The van der Waals surface area contributed by atoms with Gasteiger partial charge < -0.3 is 9.84 Å². The summed E-state index contributed by atoms with van der Waals surface area (Å²) in [5, 5.41) is 9.42. The summed E-state index contributed by atoms with van der Waals surface area (Å²) in [7, 11) is 0. The standard InChI is InChI=1S/C13H24O3/c1-3-16-9-5-8-13(12(14)15)7-4-6-11(2)10-13/h11H,3-10H2,1-2H3,(H,14,15). The molecule has 1 saturated carbocycles. The van der Waals surface area contributed by atoms with Gasteiger partial charge in [-0.2, -0.15) is 0 Å². The van der Waals surface area contributed by atoms with Crippen molar-refractivity contribution < 1.29 is 14.6 Å². The number of carboxylic acid groups (broad SMARTS) is 1. The zero-order valence-electron chi connectivity index (χ0n) is 10.5. The normalized spacial score (nSPS) is 30.2. The smallest absolute Gasteiger partial charge is 0.309 e. The Bertz CT molecular complexity index is 227. The first kappa shape index (κ1) is 13.5. The molecule has 0 radical (unpaired) electrons. The molecule has 94 valence electrons. The van der Waals surface area contributed by atoms with Crippen LogP contribution in [0, 0.1) is 11.3 Å². The third kappa shape index (κ3) is 3.48. The van der Waals surface area contributed by atoms with Crippen LogP contribution in [0.4, 0.5) is 0 Å². The van der Waals surface area contributed by atoms with Crippen LogP contribution in [0.5, 0.6) is 0 Å². The van der Waals surface area contributed by atoms with Gasteiger partial charge in [-0.05, 0) is 38.5 Å². The predicted molar refractivity (Wildman–Crippen MR) is 63.4 cm³/mol. The number of carbonyl (C=O) groups is 1. The summed E-state index contributed by atoms with van der Waals surface area (Å²) in [6.45, 7) is 5.55. The Kier molecular flexibility index (Phi) is 5.26. The lowest BCUT2D eigenvalue weighted by Crippen LogP contribution is -2.36. The van der Waals surface area contributed by atoms with Crippen molar-refractivity contribution in [3.63, 3.8) is 0 Å². The van der Waals surface area contributed by atoms with Gasteiger partial charge in [0, 0.05) is 13.2 Å². The molecule has 1 aliphatic carbocycles. The molecule has 1 aliphatic rings. The van der Waals surface area contributed by atoms with E-state index in [2.05, 4.69) is 6.92 Å². The quantitative estimate of drug-likeness (QED) is 0.711. The van der Waals surface area contributed by atoms with Crippen LogP contribution < -0.4 is 0 Å². The number of aliphatic carboxylic acids is 1. The molecule has 0 spiro atoms. The van der Waals surface area contributed by atoms with E-state index in [4.69, 9.17) is 4.74 Å². The second-order valence-electron chi connectivity index (χ2n) is 5.09. The Balaban J connectivity index is 2.48. The van der Waals surface area contributed by atoms with Crippen molar-refractivity contribution in [2.75, 3.05) is 13.2 Å². The van der Waals surface area contributed by atoms with E-state index in [0.29, 0.717) is 12.5 Å². The number of rotatable bonds is 6. The minimum absolute atomic E-state index is 0.464. The molecule has 2 unspecified atom stereocenters. The van der Waals surface area contributed by atoms with Crippen molar-refractivity contribution in [3.05, 3.63) is 0 Å². The summed E-state index contributed by atoms with van der Waals surface area (Å²) < 4.78 is 5.28. The molecule has 3 nitrogen and oxygen atoms in total. The topological polar surface area (TPSA) is 46.5 Å². The van der Waals surface area contributed by atoms with E-state index in [-0.39, 0.29) is 0 Å². The van der Waals surface area contributed by atoms with Crippen LogP contribution in [0.3, 0.4) is 0 Å². The molecule has 1 rings (SSSR count). The fourth-order valence-electron chi connectivity index (χ4n) is 2.85. The second-order valence-corrected chi connectivity index (χ2v) is 5.09. The van der Waals surface area contributed by atoms with Gasteiger partial charge in [0.05, 0.1) is 5.41 Å². The highest BCUT2D eigenvalue weighted by atomic mass is 16.5. The Morgan fingerprint density at radius 1 is 1.56 bits per heavy atom. The Hall–Kier alpha value is -0.570. The van der Waals surface area contributed by atoms with E-state index in [9.17, 15) is 9.90 Å². The summed E-state index contributed by atoms with van der Waals surface area (Å²) in [5.41, 5.74) is -0.464. The van der Waals surface area contributed by atoms with Crippen molar-refractivity contribution in [1.29, 1.82) is 0 Å². The van der Waals surface area contributed by atoms with Crippen LogP contribution >= 0.6 is 0 Å². The molecule has 0 bridgehead atoms. The third-order valence-corrected chi connectivity index (χ3v) is 3.69. The summed E-state index contributed by atoms with van der Waals surface area (Å²) in [5.74, 6) is -0.0486. The zero-order chi connectivity index (χ0) is 12.0. The van der Waals surface area contributed by atoms with Crippen molar-refractivity contribution in [3.8, 4) is 0 Å². The third-order valence-electron chi connectivity index (χ3n) is 3.69. The Labute approximate surface area is 98.2 Å². The van der Waals surface area contributed by atoms with Crippen molar-refractivity contribution in [1.82, 2.24) is 0 Å². The molecular weight excluding hydrogens is 204 g/mol. The van der Waals surface area contributed by atoms with Gasteiger partial charge in [-0.15, -0.1) is 0 Å². The molecular formula is C13H24O3. The van der Waals surface area contributed by atoms with Gasteiger partial charge in [0.1, 0.15) is 0 Å². The van der Waals surface area contributed by atoms with Crippen LogP contribution in [-0.2, 0) is 9.53 Å². The van der Waals surface area contributed by atoms with Gasteiger partial charge >= 0.3 is 5.97 Å². The van der Waals surface area contributed by atoms with E-state index < -0.39 is 11.4 Å². The second kappa shape index (κ2) is 6.24. The maximum absolute atomic E-state index is 11.4. The lowest BCUT2D eigenvalue weighted by atomic mass is 9.68. The molecule has 3 heteroatoms. The summed E-state index contributed by atoms with van der Waals surface area (Å²) in [6.07, 6.45) is 5.56. The summed E-state index contributed by atoms with van der Waals surface area (Å²) in [4.78, 5) is 11.4. The lowest BCUT2D eigenvalue weighted by molar-refractivity contribution is -0.152. The molecule has 0 aromatic rings. The van der Waals surface area contributed by atoms with Gasteiger partial charge in [0.15, 0.2) is 0 Å². The van der Waals surface area contributed by atoms with Crippen LogP contribution in [0.2, 0.25) is 0 Å². The van der Waals surface area contributed by atoms with Gasteiger partial charge in [-0.1, -0.05) is 19.8 Å². The monoisotopic (exact) mass is 228 g/mol. The first-order valence-electron chi connectivity index (χ1n) is 6.42. The fourth-order valence-corrected chi connectivity index (χ4v) is 2.85. The van der Waals surface area contributed by atoms with Crippen LogP contribution in [0.25, 0.3) is 0 Å². The predicted octanol–water partition coefficient (Wildman–Crippen LogP) is 3.08. The SMILES string of the molecule is CCOCCCC1(C(=O)O)CCCC(C)C1. The largest absolute Gasteiger partial charge is 0.481 e. The molecule has 0 saturated heterocycles. The minimum Gasteiger partial charge on any atom is -0.481 e. The van der Waals surface area contributed by atoms with Crippen LogP contribution in [0.1, 0.15) is 52.4 Å². The molecule has 2 atom stereocenters. The van der Waals surface area contributed by atoms with Crippen LogP contribution in [-0.4, -0.2) is 24.3 Å². The first-order valence-corrected chi connectivity index (χ1v) is 6.42. The summed E-state index contributed by atoms with van der Waals surface area (Å²) >= 11 is 0. The minimum atomic E-state index is -0.601. The maximum atomic E-state index is 11.4. The first-order chi connectivity index (χ1) is 7.60. The average molecular weight is 228 g/mol. The molecule has 1 N–H and O–H groups in total. The lowest BCUT2D eigenvalue weighted by Gasteiger charge is -2.36. The van der Waals surface area contributed by atoms with E-state index in [1.54, 1.807) is 0 Å². The molecule has 0 heterocycles. The number of hydrogen-bond donors (Lipinski definition) is 1. The number of carboxylic acids is 1. The van der Waals surface area contributed by atoms with Crippen molar-refractivity contribution in [2.45, 2.75) is 52.4 Å². The summed E-state index contributed by atoms with van der Waals surface area (Å²) in [6, 6.07) is 0. The maximum Gasteiger partial charge on any atom is 0.309 e. The highest BCUT2D eigenvalue weighted by molar-refractivity contribution is 5.74. The van der Waals surface area contributed by atoms with E-state index in [1.807, 2.05) is 6.92 Å². The molecule has 0 amide bonds. The molecule has 16 heavy (non-hydrogen) atoms. The highest BCUT2D eigenvalue weighted by Crippen LogP contribution is 2.43. The highest BCUT2D eigenvalue weighted by Gasteiger charge is 2.41. The zero-order valence-corrected chi connectivity index (χ0v) is 10.5. The van der Waals surface area contributed by atoms with Gasteiger partial charge in [-0.25, -0.2) is 0 Å². The average Bonchev–Trinajstić information content (AvgIpc) is 2.24. The number of ether oxygens (including phenoxy) is 1. The van der Waals surface area contributed by atoms with Gasteiger partial charge in [0.2, 0.25) is 0 Å². The fraction of sp³-hybridized carbons (Fsp3) is 0.923.